The summed E-state index contributed by atoms with van der Waals surface area (Å²) in [5, 5.41) is 8.74. The first-order valence-corrected chi connectivity index (χ1v) is 10.2. The minimum Gasteiger partial charge on any atom is -0.352 e. The van der Waals surface area contributed by atoms with E-state index < -0.39 is 0 Å². The summed E-state index contributed by atoms with van der Waals surface area (Å²) in [5.74, 6) is 1.11. The Morgan fingerprint density at radius 3 is 2.63 bits per heavy atom. The number of anilines is 1. The molecule has 140 valence electrons. The molecule has 1 aliphatic rings. The molecule has 1 saturated heterocycles. The maximum absolute atomic E-state index is 6.04. The van der Waals surface area contributed by atoms with Gasteiger partial charge in [0.15, 0.2) is 5.82 Å². The molecule has 2 heterocycles. The lowest BCUT2D eigenvalue weighted by Crippen LogP contribution is -2.40. The highest BCUT2D eigenvalue weighted by Crippen LogP contribution is 2.33. The van der Waals surface area contributed by atoms with Crippen molar-refractivity contribution in [2.24, 2.45) is 0 Å². The molecular weight excluding hydrogens is 354 g/mol. The van der Waals surface area contributed by atoms with Crippen LogP contribution >= 0.6 is 11.6 Å². The summed E-state index contributed by atoms with van der Waals surface area (Å²) < 4.78 is 0. The monoisotopic (exact) mass is 379 g/mol. The van der Waals surface area contributed by atoms with Crippen molar-refractivity contribution >= 4 is 17.4 Å². The molecule has 4 heteroatoms. The van der Waals surface area contributed by atoms with Crippen LogP contribution in [0.4, 0.5) is 5.82 Å². The molecule has 0 amide bonds. The first kappa shape index (κ1) is 18.1. The third-order valence-electron chi connectivity index (χ3n) is 5.63. The van der Waals surface area contributed by atoms with Gasteiger partial charge in [-0.25, -0.2) is 0 Å². The van der Waals surface area contributed by atoms with Crippen LogP contribution in [0.3, 0.4) is 0 Å². The largest absolute Gasteiger partial charge is 0.352 e. The molecule has 1 atom stereocenters. The Kier molecular flexibility index (Phi) is 5.49. The van der Waals surface area contributed by atoms with E-state index in [2.05, 4.69) is 59.4 Å². The molecule has 3 nitrogen and oxygen atoms in total. The molecule has 0 radical (unpaired) electrons. The van der Waals surface area contributed by atoms with E-state index in [9.17, 15) is 0 Å². The van der Waals surface area contributed by atoms with Crippen molar-refractivity contribution in [3.05, 3.63) is 70.7 Å². The number of nitrogens with one attached hydrogen (secondary N) is 1. The van der Waals surface area contributed by atoms with E-state index in [-0.39, 0.29) is 0 Å². The summed E-state index contributed by atoms with van der Waals surface area (Å²) in [6.07, 6.45) is 6.09. The van der Waals surface area contributed by atoms with Gasteiger partial charge in [-0.3, -0.25) is 5.10 Å². The molecular formula is C23H26ClN3. The van der Waals surface area contributed by atoms with Crippen LogP contribution in [-0.2, 0) is 6.42 Å². The van der Waals surface area contributed by atoms with E-state index in [1.807, 2.05) is 12.1 Å². The van der Waals surface area contributed by atoms with Crippen LogP contribution in [-0.4, -0.2) is 22.8 Å². The number of halogens is 1. The molecule has 1 N–H and O–H groups in total. The number of hydrogen-bond acceptors (Lipinski definition) is 2. The molecule has 0 bridgehead atoms. The van der Waals surface area contributed by atoms with Gasteiger partial charge < -0.3 is 4.90 Å². The minimum absolute atomic E-state index is 0.555. The van der Waals surface area contributed by atoms with Crippen LogP contribution in [0.2, 0.25) is 5.02 Å². The van der Waals surface area contributed by atoms with Crippen molar-refractivity contribution in [3.8, 4) is 11.3 Å². The van der Waals surface area contributed by atoms with Crippen molar-refractivity contribution in [2.45, 2.75) is 45.1 Å². The second-order valence-electron chi connectivity index (χ2n) is 7.42. The topological polar surface area (TPSA) is 31.9 Å². The summed E-state index contributed by atoms with van der Waals surface area (Å²) in [4.78, 5) is 2.53. The number of benzene rings is 2. The van der Waals surface area contributed by atoms with E-state index in [0.717, 1.165) is 35.1 Å². The van der Waals surface area contributed by atoms with Crippen LogP contribution in [0.25, 0.3) is 11.3 Å². The van der Waals surface area contributed by atoms with Crippen LogP contribution in [0, 0.1) is 6.92 Å². The van der Waals surface area contributed by atoms with Gasteiger partial charge in [0.2, 0.25) is 0 Å². The maximum atomic E-state index is 6.04. The van der Waals surface area contributed by atoms with Gasteiger partial charge in [-0.1, -0.05) is 54.1 Å². The minimum atomic E-state index is 0.555. The second kappa shape index (κ2) is 8.18. The number of nitrogens with zero attached hydrogens (tertiary/aromatic N) is 2. The number of piperidine rings is 1. The molecule has 4 rings (SSSR count). The van der Waals surface area contributed by atoms with Gasteiger partial charge in [0.1, 0.15) is 0 Å². The maximum Gasteiger partial charge on any atom is 0.154 e. The average Bonchev–Trinajstić information content (AvgIpc) is 3.09. The van der Waals surface area contributed by atoms with E-state index >= 15 is 0 Å². The molecule has 1 aromatic heterocycles. The summed E-state index contributed by atoms with van der Waals surface area (Å²) in [7, 11) is 0. The molecule has 1 aliphatic heterocycles. The quantitative estimate of drug-likeness (QED) is 0.586. The van der Waals surface area contributed by atoms with E-state index in [1.54, 1.807) is 0 Å². The number of H-pyrrole nitrogens is 1. The normalized spacial score (nSPS) is 17.3. The summed E-state index contributed by atoms with van der Waals surface area (Å²) in [6.45, 7) is 3.26. The van der Waals surface area contributed by atoms with Crippen LogP contribution < -0.4 is 4.90 Å². The lowest BCUT2D eigenvalue weighted by molar-refractivity contribution is 0.434. The van der Waals surface area contributed by atoms with Gasteiger partial charge >= 0.3 is 0 Å². The van der Waals surface area contributed by atoms with Crippen molar-refractivity contribution in [1.82, 2.24) is 10.2 Å². The Hall–Kier alpha value is -2.26. The molecule has 0 aliphatic carbocycles. The van der Waals surface area contributed by atoms with E-state index in [4.69, 9.17) is 16.7 Å². The van der Waals surface area contributed by atoms with E-state index in [0.29, 0.717) is 6.04 Å². The highest BCUT2D eigenvalue weighted by Gasteiger charge is 2.26. The molecule has 0 spiro atoms. The number of aryl methyl sites for hydroxylation is 1. The van der Waals surface area contributed by atoms with Crippen molar-refractivity contribution < 1.29 is 0 Å². The van der Waals surface area contributed by atoms with Crippen molar-refractivity contribution in [3.63, 3.8) is 0 Å². The molecule has 2 aromatic carbocycles. The molecule has 0 saturated carbocycles. The fraction of sp³-hybridized carbons (Fsp3) is 0.348. The first-order chi connectivity index (χ1) is 13.2. The first-order valence-electron chi connectivity index (χ1n) is 9.84. The Balaban J connectivity index is 1.54. The van der Waals surface area contributed by atoms with Gasteiger partial charge in [0.05, 0.1) is 5.69 Å². The predicted molar refractivity (Wildman–Crippen MR) is 114 cm³/mol. The number of aromatic amines is 1. The summed E-state index contributed by atoms with van der Waals surface area (Å²) in [5.41, 5.74) is 4.87. The third kappa shape index (κ3) is 4.03. The highest BCUT2D eigenvalue weighted by molar-refractivity contribution is 6.30. The highest BCUT2D eigenvalue weighted by atomic mass is 35.5. The van der Waals surface area contributed by atoms with Gasteiger partial charge in [-0.15, -0.1) is 0 Å². The van der Waals surface area contributed by atoms with Crippen molar-refractivity contribution in [2.75, 3.05) is 11.4 Å². The fourth-order valence-corrected chi connectivity index (χ4v) is 4.25. The van der Waals surface area contributed by atoms with Crippen molar-refractivity contribution in [1.29, 1.82) is 0 Å². The molecule has 1 fully saturated rings. The Bertz CT molecular complexity index is 870. The molecule has 27 heavy (non-hydrogen) atoms. The van der Waals surface area contributed by atoms with Crippen LogP contribution in [0.1, 0.15) is 36.8 Å². The molecule has 3 aromatic rings. The Morgan fingerprint density at radius 1 is 1.07 bits per heavy atom. The second-order valence-corrected chi connectivity index (χ2v) is 7.86. The molecule has 1 unspecified atom stereocenters. The number of hydrogen-bond donors (Lipinski definition) is 1. The fourth-order valence-electron chi connectivity index (χ4n) is 4.12. The van der Waals surface area contributed by atoms with Crippen LogP contribution in [0.5, 0.6) is 0 Å². The smallest absolute Gasteiger partial charge is 0.154 e. The zero-order chi connectivity index (χ0) is 18.6. The summed E-state index contributed by atoms with van der Waals surface area (Å²) >= 11 is 6.04. The predicted octanol–water partition coefficient (Wildman–Crippen LogP) is 6.03. The standard InChI is InChI=1S/C23H26ClN3/c1-17-22(19-11-13-20(24)14-12-19)25-26-23(17)27-16-6-5-9-21(27)15-10-18-7-3-2-4-8-18/h2-4,7-8,11-14,21H,5-6,9-10,15-16H2,1H3,(H,25,26). The lowest BCUT2D eigenvalue weighted by atomic mass is 9.95. The summed E-state index contributed by atoms with van der Waals surface area (Å²) in [6, 6.07) is 19.3. The Labute approximate surface area is 166 Å². The van der Waals surface area contributed by atoms with Gasteiger partial charge in [-0.05, 0) is 62.3 Å². The van der Waals surface area contributed by atoms with Crippen LogP contribution in [0.15, 0.2) is 54.6 Å². The number of aromatic nitrogens is 2. The average molecular weight is 380 g/mol. The van der Waals surface area contributed by atoms with Gasteiger partial charge in [-0.2, -0.15) is 5.10 Å². The lowest BCUT2D eigenvalue weighted by Gasteiger charge is -2.36. The van der Waals surface area contributed by atoms with Gasteiger partial charge in [0, 0.05) is 23.2 Å². The van der Waals surface area contributed by atoms with Gasteiger partial charge in [0.25, 0.3) is 0 Å². The Morgan fingerprint density at radius 2 is 1.85 bits per heavy atom. The SMILES string of the molecule is Cc1c(N2CCCCC2CCc2ccccc2)n[nH]c1-c1ccc(Cl)cc1. The third-order valence-corrected chi connectivity index (χ3v) is 5.88. The zero-order valence-electron chi connectivity index (χ0n) is 15.8. The zero-order valence-corrected chi connectivity index (χ0v) is 16.5. The van der Waals surface area contributed by atoms with E-state index in [1.165, 1.54) is 36.8 Å². The number of rotatable bonds is 5.